The number of benzene rings is 2. The molecule has 0 radical (unpaired) electrons. The van der Waals surface area contributed by atoms with E-state index in [9.17, 15) is 15.0 Å². The largest absolute Gasteiger partial charge is 0.504 e. The molecule has 0 saturated heterocycles. The van der Waals surface area contributed by atoms with Crippen LogP contribution in [0.1, 0.15) is 16.7 Å². The third kappa shape index (κ3) is 4.11. The molecule has 2 aromatic rings. The molecule has 108 valence electrons. The van der Waals surface area contributed by atoms with Gasteiger partial charge >= 0.3 is 5.97 Å². The normalized spacial score (nSPS) is 10.7. The summed E-state index contributed by atoms with van der Waals surface area (Å²) in [6.07, 6.45) is 2.80. The summed E-state index contributed by atoms with van der Waals surface area (Å²) >= 11 is 0. The number of rotatable bonds is 4. The van der Waals surface area contributed by atoms with Gasteiger partial charge in [0.1, 0.15) is 6.61 Å². The van der Waals surface area contributed by atoms with Crippen molar-refractivity contribution in [3.8, 4) is 11.5 Å². The van der Waals surface area contributed by atoms with Gasteiger partial charge in [-0.3, -0.25) is 0 Å². The molecule has 0 saturated carbocycles. The molecule has 0 bridgehead atoms. The van der Waals surface area contributed by atoms with Crippen LogP contribution in [0.5, 0.6) is 11.5 Å². The molecule has 2 aromatic carbocycles. The van der Waals surface area contributed by atoms with E-state index in [-0.39, 0.29) is 18.1 Å². The van der Waals surface area contributed by atoms with Crippen LogP contribution in [0.15, 0.2) is 48.5 Å². The summed E-state index contributed by atoms with van der Waals surface area (Å²) in [6, 6.07) is 12.0. The van der Waals surface area contributed by atoms with Gasteiger partial charge in [-0.2, -0.15) is 0 Å². The van der Waals surface area contributed by atoms with E-state index in [1.165, 1.54) is 24.3 Å². The second kappa shape index (κ2) is 6.61. The van der Waals surface area contributed by atoms with Crippen molar-refractivity contribution in [2.24, 2.45) is 0 Å². The summed E-state index contributed by atoms with van der Waals surface area (Å²) in [5.74, 6) is -0.898. The van der Waals surface area contributed by atoms with E-state index < -0.39 is 5.97 Å². The van der Waals surface area contributed by atoms with Crippen LogP contribution in [-0.4, -0.2) is 16.2 Å². The number of hydrogen-bond acceptors (Lipinski definition) is 4. The molecule has 0 aliphatic rings. The molecule has 21 heavy (non-hydrogen) atoms. The van der Waals surface area contributed by atoms with Crippen LogP contribution in [0.25, 0.3) is 6.08 Å². The van der Waals surface area contributed by atoms with Gasteiger partial charge < -0.3 is 14.9 Å². The number of aryl methyl sites for hydroxylation is 1. The molecule has 2 rings (SSSR count). The molecule has 0 aromatic heterocycles. The van der Waals surface area contributed by atoms with Crippen LogP contribution in [0.3, 0.4) is 0 Å². The first-order valence-electron chi connectivity index (χ1n) is 6.47. The molecule has 0 aliphatic heterocycles. The van der Waals surface area contributed by atoms with Crippen LogP contribution >= 0.6 is 0 Å². The fraction of sp³-hybridized carbons (Fsp3) is 0.118. The van der Waals surface area contributed by atoms with Crippen molar-refractivity contribution in [3.05, 3.63) is 65.2 Å². The van der Waals surface area contributed by atoms with Gasteiger partial charge in [-0.15, -0.1) is 0 Å². The van der Waals surface area contributed by atoms with E-state index in [4.69, 9.17) is 4.74 Å². The maximum Gasteiger partial charge on any atom is 0.331 e. The highest BCUT2D eigenvalue weighted by atomic mass is 16.5. The fourth-order valence-electron chi connectivity index (χ4n) is 1.78. The van der Waals surface area contributed by atoms with Gasteiger partial charge in [-0.05, 0) is 41.8 Å². The van der Waals surface area contributed by atoms with Crippen molar-refractivity contribution < 1.29 is 19.7 Å². The smallest absolute Gasteiger partial charge is 0.331 e. The summed E-state index contributed by atoms with van der Waals surface area (Å²) < 4.78 is 5.15. The Bertz CT molecular complexity index is 674. The first kappa shape index (κ1) is 14.7. The fourth-order valence-corrected chi connectivity index (χ4v) is 1.78. The average Bonchev–Trinajstić information content (AvgIpc) is 2.47. The highest BCUT2D eigenvalue weighted by molar-refractivity contribution is 5.87. The lowest BCUT2D eigenvalue weighted by molar-refractivity contribution is -0.138. The Balaban J connectivity index is 1.94. The number of phenols is 2. The minimum atomic E-state index is -0.467. The number of hydrogen-bond donors (Lipinski definition) is 2. The molecule has 4 nitrogen and oxygen atoms in total. The molecule has 0 atom stereocenters. The van der Waals surface area contributed by atoms with Crippen molar-refractivity contribution >= 4 is 12.0 Å². The molecule has 0 unspecified atom stereocenters. The van der Waals surface area contributed by atoms with Crippen LogP contribution in [0.4, 0.5) is 0 Å². The summed E-state index contributed by atoms with van der Waals surface area (Å²) in [7, 11) is 0. The topological polar surface area (TPSA) is 66.8 Å². The van der Waals surface area contributed by atoms with Gasteiger partial charge in [0.15, 0.2) is 11.5 Å². The van der Waals surface area contributed by atoms with Gasteiger partial charge in [-0.25, -0.2) is 4.79 Å². The minimum absolute atomic E-state index is 0.200. The first-order valence-corrected chi connectivity index (χ1v) is 6.47. The predicted octanol–water partition coefficient (Wildman–Crippen LogP) is 3.16. The number of esters is 1. The molecular formula is C17H16O4. The highest BCUT2D eigenvalue weighted by Gasteiger charge is 2.02. The van der Waals surface area contributed by atoms with Crippen LogP contribution in [-0.2, 0) is 16.1 Å². The van der Waals surface area contributed by atoms with Gasteiger partial charge in [0, 0.05) is 6.08 Å². The first-order chi connectivity index (χ1) is 10.1. The van der Waals surface area contributed by atoms with Crippen molar-refractivity contribution in [2.75, 3.05) is 0 Å². The Labute approximate surface area is 122 Å². The summed E-state index contributed by atoms with van der Waals surface area (Å²) in [6.45, 7) is 2.18. The van der Waals surface area contributed by atoms with E-state index in [1.807, 2.05) is 31.2 Å². The Morgan fingerprint density at radius 2 is 1.90 bits per heavy atom. The minimum Gasteiger partial charge on any atom is -0.504 e. The van der Waals surface area contributed by atoms with Crippen molar-refractivity contribution in [1.29, 1.82) is 0 Å². The Morgan fingerprint density at radius 3 is 2.62 bits per heavy atom. The zero-order chi connectivity index (χ0) is 15.2. The Kier molecular flexibility index (Phi) is 4.61. The highest BCUT2D eigenvalue weighted by Crippen LogP contribution is 2.25. The summed E-state index contributed by atoms with van der Waals surface area (Å²) in [4.78, 5) is 11.6. The maximum atomic E-state index is 11.6. The SMILES string of the molecule is Cc1ccccc1COC(=O)C=Cc1ccc(O)c(O)c1. The van der Waals surface area contributed by atoms with Crippen LogP contribution in [0.2, 0.25) is 0 Å². The molecule has 0 fully saturated rings. The monoisotopic (exact) mass is 284 g/mol. The maximum absolute atomic E-state index is 11.6. The number of ether oxygens (including phenoxy) is 1. The van der Waals surface area contributed by atoms with E-state index in [2.05, 4.69) is 0 Å². The standard InChI is InChI=1S/C17H16O4/c1-12-4-2-3-5-14(12)11-21-17(20)9-7-13-6-8-15(18)16(19)10-13/h2-10,18-19H,11H2,1H3. The Morgan fingerprint density at radius 1 is 1.14 bits per heavy atom. The van der Waals surface area contributed by atoms with E-state index in [1.54, 1.807) is 6.07 Å². The third-order valence-corrected chi connectivity index (χ3v) is 3.04. The second-order valence-corrected chi connectivity index (χ2v) is 4.62. The predicted molar refractivity (Wildman–Crippen MR) is 79.8 cm³/mol. The Hall–Kier alpha value is -2.75. The van der Waals surface area contributed by atoms with E-state index >= 15 is 0 Å². The lowest BCUT2D eigenvalue weighted by atomic mass is 10.1. The number of phenolic OH excluding ortho intramolecular Hbond substituents is 2. The molecule has 0 amide bonds. The van der Waals surface area contributed by atoms with E-state index in [0.29, 0.717) is 5.56 Å². The van der Waals surface area contributed by atoms with Gasteiger partial charge in [0.25, 0.3) is 0 Å². The second-order valence-electron chi connectivity index (χ2n) is 4.62. The molecule has 4 heteroatoms. The third-order valence-electron chi connectivity index (χ3n) is 3.04. The number of carbonyl (C=O) groups is 1. The molecule has 2 N–H and O–H groups in total. The van der Waals surface area contributed by atoms with Crippen molar-refractivity contribution in [2.45, 2.75) is 13.5 Å². The van der Waals surface area contributed by atoms with Crippen LogP contribution < -0.4 is 0 Å². The van der Waals surface area contributed by atoms with Gasteiger partial charge in [0.2, 0.25) is 0 Å². The lowest BCUT2D eigenvalue weighted by Crippen LogP contribution is -2.01. The molecular weight excluding hydrogens is 268 g/mol. The van der Waals surface area contributed by atoms with Crippen molar-refractivity contribution in [1.82, 2.24) is 0 Å². The number of aromatic hydroxyl groups is 2. The van der Waals surface area contributed by atoms with E-state index in [0.717, 1.165) is 11.1 Å². The zero-order valence-electron chi connectivity index (χ0n) is 11.6. The van der Waals surface area contributed by atoms with Crippen molar-refractivity contribution in [3.63, 3.8) is 0 Å². The zero-order valence-corrected chi connectivity index (χ0v) is 11.6. The summed E-state index contributed by atoms with van der Waals surface area (Å²) in [5, 5.41) is 18.5. The van der Waals surface area contributed by atoms with Gasteiger partial charge in [-0.1, -0.05) is 30.3 Å². The molecule has 0 spiro atoms. The number of carbonyl (C=O) groups excluding carboxylic acids is 1. The lowest BCUT2D eigenvalue weighted by Gasteiger charge is -2.05. The average molecular weight is 284 g/mol. The van der Waals surface area contributed by atoms with Gasteiger partial charge in [0.05, 0.1) is 0 Å². The quantitative estimate of drug-likeness (QED) is 0.514. The summed E-state index contributed by atoms with van der Waals surface area (Å²) in [5.41, 5.74) is 2.62. The van der Waals surface area contributed by atoms with Crippen LogP contribution in [0, 0.1) is 6.92 Å². The molecule has 0 aliphatic carbocycles. The molecule has 0 heterocycles.